The van der Waals surface area contributed by atoms with E-state index in [-0.39, 0.29) is 57.2 Å². The standard InChI is InChI=1S/C45H63N3O10/c1-31(2)26-36(44(51)52-5)47-43(50)39(32(3)4)48-38(49)22-25-53-30-37-40(55-27-33-16-9-6-10-17-33)41(56-28-34-18-11-7-12-19-34)42(45(58-37)54-24-15-23-46)57-29-35-20-13-8-14-21-35/h6-14,16-21,31-32,36-37,39-42,45H,15,22-30,46H2,1-5H3,(H,47,50)(H,48,49)/t36-,37+,39-,40+,41-,42+,45?/m0/s1. The molecule has 1 heterocycles. The van der Waals surface area contributed by atoms with Crippen molar-refractivity contribution in [2.45, 2.75) is 110 Å². The zero-order valence-electron chi connectivity index (χ0n) is 34.6. The molecule has 4 N–H and O–H groups in total. The van der Waals surface area contributed by atoms with Crippen molar-refractivity contribution >= 4 is 17.8 Å². The lowest BCUT2D eigenvalue weighted by Crippen LogP contribution is -2.61. The van der Waals surface area contributed by atoms with E-state index >= 15 is 0 Å². The number of nitrogens with two attached hydrogens (primary N) is 1. The maximum absolute atomic E-state index is 13.3. The first-order valence-electron chi connectivity index (χ1n) is 20.3. The van der Waals surface area contributed by atoms with Crippen molar-refractivity contribution in [1.82, 2.24) is 10.6 Å². The molecule has 0 aromatic heterocycles. The third-order valence-electron chi connectivity index (χ3n) is 9.61. The fraction of sp³-hybridized carbons (Fsp3) is 0.533. The van der Waals surface area contributed by atoms with Crippen LogP contribution in [0.5, 0.6) is 0 Å². The van der Waals surface area contributed by atoms with Gasteiger partial charge < -0.3 is 49.5 Å². The molecule has 13 heteroatoms. The molecule has 7 atom stereocenters. The lowest BCUT2D eigenvalue weighted by Gasteiger charge is -2.46. The number of rotatable bonds is 25. The largest absolute Gasteiger partial charge is 0.467 e. The van der Waals surface area contributed by atoms with Gasteiger partial charge in [0.05, 0.1) is 46.8 Å². The van der Waals surface area contributed by atoms with Crippen molar-refractivity contribution in [3.05, 3.63) is 108 Å². The van der Waals surface area contributed by atoms with Crippen LogP contribution >= 0.6 is 0 Å². The third kappa shape index (κ3) is 15.5. The van der Waals surface area contributed by atoms with E-state index in [0.717, 1.165) is 16.7 Å². The molecule has 0 radical (unpaired) electrons. The molecular formula is C45H63N3O10. The average molecular weight is 806 g/mol. The number of hydrogen-bond donors (Lipinski definition) is 3. The van der Waals surface area contributed by atoms with Crippen LogP contribution in [0, 0.1) is 11.8 Å². The lowest BCUT2D eigenvalue weighted by atomic mass is 9.97. The van der Waals surface area contributed by atoms with Gasteiger partial charge in [0.15, 0.2) is 6.29 Å². The highest BCUT2D eigenvalue weighted by atomic mass is 16.7. The fourth-order valence-electron chi connectivity index (χ4n) is 6.53. The molecule has 1 aliphatic heterocycles. The minimum atomic E-state index is -0.869. The van der Waals surface area contributed by atoms with Crippen LogP contribution in [0.25, 0.3) is 0 Å². The molecule has 58 heavy (non-hydrogen) atoms. The van der Waals surface area contributed by atoms with Crippen LogP contribution in [-0.2, 0) is 67.4 Å². The number of esters is 1. The zero-order valence-corrected chi connectivity index (χ0v) is 34.6. The number of ether oxygens (including phenoxy) is 7. The molecule has 0 saturated carbocycles. The average Bonchev–Trinajstić information content (AvgIpc) is 3.22. The van der Waals surface area contributed by atoms with Crippen LogP contribution < -0.4 is 16.4 Å². The highest BCUT2D eigenvalue weighted by Gasteiger charge is 2.49. The maximum Gasteiger partial charge on any atom is 0.328 e. The van der Waals surface area contributed by atoms with Crippen LogP contribution in [0.2, 0.25) is 0 Å². The SMILES string of the molecule is COC(=O)[C@H](CC(C)C)NC(=O)[C@@H](NC(=O)CCOC[C@H]1OC(OCCCN)[C@H](OCc2ccccc2)[C@@H](OCc2ccccc2)[C@@H]1OCc1ccccc1)C(C)C. The Labute approximate surface area is 343 Å². The number of carbonyl (C=O) groups is 3. The van der Waals surface area contributed by atoms with Crippen molar-refractivity contribution in [3.8, 4) is 0 Å². The summed E-state index contributed by atoms with van der Waals surface area (Å²) in [6.45, 7) is 9.25. The summed E-state index contributed by atoms with van der Waals surface area (Å²) in [5, 5.41) is 5.58. The van der Waals surface area contributed by atoms with E-state index in [1.807, 2.05) is 119 Å². The first kappa shape index (κ1) is 46.5. The molecule has 2 amide bonds. The molecule has 0 aliphatic carbocycles. The Balaban J connectivity index is 1.50. The Morgan fingerprint density at radius 1 is 0.707 bits per heavy atom. The van der Waals surface area contributed by atoms with Crippen molar-refractivity contribution in [1.29, 1.82) is 0 Å². The van der Waals surface area contributed by atoms with E-state index in [0.29, 0.717) is 26.0 Å². The van der Waals surface area contributed by atoms with Gasteiger partial charge in [0, 0.05) is 6.42 Å². The monoisotopic (exact) mass is 805 g/mol. The molecule has 1 fully saturated rings. The molecule has 318 valence electrons. The Morgan fingerprint density at radius 2 is 1.24 bits per heavy atom. The molecular weight excluding hydrogens is 743 g/mol. The second-order valence-electron chi connectivity index (χ2n) is 15.2. The highest BCUT2D eigenvalue weighted by molar-refractivity contribution is 5.90. The molecule has 1 unspecified atom stereocenters. The summed E-state index contributed by atoms with van der Waals surface area (Å²) < 4.78 is 44.0. The van der Waals surface area contributed by atoms with Crippen LogP contribution in [0.1, 0.15) is 63.6 Å². The number of amides is 2. The van der Waals surface area contributed by atoms with E-state index in [9.17, 15) is 14.4 Å². The number of hydrogen-bond acceptors (Lipinski definition) is 11. The molecule has 0 spiro atoms. The maximum atomic E-state index is 13.3. The van der Waals surface area contributed by atoms with Gasteiger partial charge in [-0.2, -0.15) is 0 Å². The number of benzene rings is 3. The number of methoxy groups -OCH3 is 1. The first-order chi connectivity index (χ1) is 28.1. The van der Waals surface area contributed by atoms with E-state index in [1.165, 1.54) is 7.11 Å². The highest BCUT2D eigenvalue weighted by Crippen LogP contribution is 2.31. The summed E-state index contributed by atoms with van der Waals surface area (Å²) in [7, 11) is 1.28. The second kappa shape index (κ2) is 25.3. The zero-order chi connectivity index (χ0) is 41.7. The van der Waals surface area contributed by atoms with E-state index in [2.05, 4.69) is 10.6 Å². The van der Waals surface area contributed by atoms with E-state index < -0.39 is 54.7 Å². The van der Waals surface area contributed by atoms with Gasteiger partial charge in [0.25, 0.3) is 0 Å². The molecule has 0 bridgehead atoms. The number of carbonyl (C=O) groups excluding carboxylic acids is 3. The predicted octanol–water partition coefficient (Wildman–Crippen LogP) is 5.08. The van der Waals surface area contributed by atoms with Gasteiger partial charge in [0.2, 0.25) is 11.8 Å². The van der Waals surface area contributed by atoms with Crippen LogP contribution in [0.15, 0.2) is 91.0 Å². The fourth-order valence-corrected chi connectivity index (χ4v) is 6.53. The molecule has 13 nitrogen and oxygen atoms in total. The molecule has 3 aromatic rings. The minimum absolute atomic E-state index is 0.0294. The Hall–Kier alpha value is -4.21. The van der Waals surface area contributed by atoms with Gasteiger partial charge >= 0.3 is 5.97 Å². The van der Waals surface area contributed by atoms with Crippen molar-refractivity contribution < 1.29 is 47.5 Å². The second-order valence-corrected chi connectivity index (χ2v) is 15.2. The van der Waals surface area contributed by atoms with Gasteiger partial charge in [-0.3, -0.25) is 9.59 Å². The quantitative estimate of drug-likeness (QED) is 0.0772. The van der Waals surface area contributed by atoms with E-state index in [1.54, 1.807) is 0 Å². The molecule has 1 aliphatic rings. The van der Waals surface area contributed by atoms with Gasteiger partial charge in [-0.25, -0.2) is 4.79 Å². The smallest absolute Gasteiger partial charge is 0.328 e. The Bertz CT molecular complexity index is 1610. The van der Waals surface area contributed by atoms with Crippen LogP contribution in [0.4, 0.5) is 0 Å². The van der Waals surface area contributed by atoms with Gasteiger partial charge in [-0.1, -0.05) is 119 Å². The summed E-state index contributed by atoms with van der Waals surface area (Å²) >= 11 is 0. The summed E-state index contributed by atoms with van der Waals surface area (Å²) in [4.78, 5) is 38.9. The normalized spacial score (nSPS) is 20.4. The molecule has 4 rings (SSSR count). The molecule has 3 aromatic carbocycles. The Kier molecular flexibility index (Phi) is 20.3. The summed E-state index contributed by atoms with van der Waals surface area (Å²) in [5.74, 6) is -1.48. The van der Waals surface area contributed by atoms with Crippen LogP contribution in [-0.4, -0.2) is 94.0 Å². The summed E-state index contributed by atoms with van der Waals surface area (Å²) in [6, 6.07) is 27.9. The Morgan fingerprint density at radius 3 is 1.74 bits per heavy atom. The minimum Gasteiger partial charge on any atom is -0.467 e. The van der Waals surface area contributed by atoms with Gasteiger partial charge in [-0.05, 0) is 47.9 Å². The van der Waals surface area contributed by atoms with Gasteiger partial charge in [-0.15, -0.1) is 0 Å². The van der Waals surface area contributed by atoms with Gasteiger partial charge in [0.1, 0.15) is 36.5 Å². The lowest BCUT2D eigenvalue weighted by molar-refractivity contribution is -0.328. The predicted molar refractivity (Wildman–Crippen MR) is 219 cm³/mol. The van der Waals surface area contributed by atoms with Crippen molar-refractivity contribution in [3.63, 3.8) is 0 Å². The van der Waals surface area contributed by atoms with Crippen molar-refractivity contribution in [2.75, 3.05) is 33.5 Å². The summed E-state index contributed by atoms with van der Waals surface area (Å²) in [5.41, 5.74) is 8.75. The van der Waals surface area contributed by atoms with Crippen LogP contribution in [0.3, 0.4) is 0 Å². The van der Waals surface area contributed by atoms with Crippen molar-refractivity contribution in [2.24, 2.45) is 17.6 Å². The molecule has 1 saturated heterocycles. The van der Waals surface area contributed by atoms with E-state index in [4.69, 9.17) is 38.9 Å². The first-order valence-corrected chi connectivity index (χ1v) is 20.3. The topological polar surface area (TPSA) is 166 Å². The summed E-state index contributed by atoms with van der Waals surface area (Å²) in [6.07, 6.45) is -2.56. The third-order valence-corrected chi connectivity index (χ3v) is 9.61. The number of nitrogens with one attached hydrogen (secondary N) is 2.